The number of halogens is 1. The van der Waals surface area contributed by atoms with Gasteiger partial charge >= 0.3 is 0 Å². The summed E-state index contributed by atoms with van der Waals surface area (Å²) in [6.07, 6.45) is 3.00. The van der Waals surface area contributed by atoms with Gasteiger partial charge in [-0.2, -0.15) is 4.39 Å². The van der Waals surface area contributed by atoms with Crippen LogP contribution in [0.4, 0.5) is 10.1 Å². The van der Waals surface area contributed by atoms with Gasteiger partial charge in [0, 0.05) is 12.0 Å². The van der Waals surface area contributed by atoms with Crippen LogP contribution in [0, 0.1) is 11.9 Å². The minimum atomic E-state index is -0.543. The van der Waals surface area contributed by atoms with Gasteiger partial charge in [-0.15, -0.1) is 0 Å². The molecule has 2 unspecified atom stereocenters. The number of hydrogen-bond acceptors (Lipinski definition) is 3. The van der Waals surface area contributed by atoms with Gasteiger partial charge in [0.15, 0.2) is 0 Å². The molecule has 0 bridgehead atoms. The van der Waals surface area contributed by atoms with Gasteiger partial charge in [0.2, 0.25) is 11.9 Å². The highest BCUT2D eigenvalue weighted by atomic mass is 19.1. The van der Waals surface area contributed by atoms with Crippen molar-refractivity contribution in [1.29, 1.82) is 0 Å². The first kappa shape index (κ1) is 12.0. The van der Waals surface area contributed by atoms with Gasteiger partial charge in [0.05, 0.1) is 11.9 Å². The predicted molar refractivity (Wildman–Crippen MR) is 63.0 cm³/mol. The van der Waals surface area contributed by atoms with E-state index < -0.39 is 5.95 Å². The molecule has 92 valence electrons. The summed E-state index contributed by atoms with van der Waals surface area (Å²) in [6, 6.07) is 3.12. The van der Waals surface area contributed by atoms with E-state index in [4.69, 9.17) is 0 Å². The molecular weight excluding hydrogens is 221 g/mol. The molecule has 1 fully saturated rings. The van der Waals surface area contributed by atoms with Crippen molar-refractivity contribution in [3.8, 4) is 0 Å². The van der Waals surface area contributed by atoms with Crippen LogP contribution in [-0.4, -0.2) is 23.5 Å². The standard InChI is InChI=1S/C12H16FN3O/c1-8-6-9(4-5-14-8)12(17)16-10-2-3-11(13)15-7-10/h2-3,7-9,14H,4-6H2,1H3,(H,16,17). The summed E-state index contributed by atoms with van der Waals surface area (Å²) >= 11 is 0. The topological polar surface area (TPSA) is 54.0 Å². The van der Waals surface area contributed by atoms with E-state index in [1.54, 1.807) is 0 Å². The largest absolute Gasteiger partial charge is 0.324 e. The van der Waals surface area contributed by atoms with E-state index >= 15 is 0 Å². The fourth-order valence-electron chi connectivity index (χ4n) is 2.06. The maximum atomic E-state index is 12.6. The molecule has 5 heteroatoms. The summed E-state index contributed by atoms with van der Waals surface area (Å²) in [7, 11) is 0. The molecule has 0 radical (unpaired) electrons. The second-order valence-corrected chi connectivity index (χ2v) is 4.44. The van der Waals surface area contributed by atoms with E-state index in [9.17, 15) is 9.18 Å². The minimum absolute atomic E-state index is 0.00763. The molecule has 2 rings (SSSR count). The molecule has 0 aromatic carbocycles. The lowest BCUT2D eigenvalue weighted by Crippen LogP contribution is -2.40. The Bertz CT molecular complexity index is 393. The number of carbonyl (C=O) groups excluding carboxylic acids is 1. The smallest absolute Gasteiger partial charge is 0.227 e. The Morgan fingerprint density at radius 1 is 1.59 bits per heavy atom. The van der Waals surface area contributed by atoms with E-state index in [2.05, 4.69) is 22.5 Å². The van der Waals surface area contributed by atoms with Crippen molar-refractivity contribution in [3.63, 3.8) is 0 Å². The van der Waals surface area contributed by atoms with Gasteiger partial charge in [-0.25, -0.2) is 4.98 Å². The van der Waals surface area contributed by atoms with Crippen LogP contribution in [-0.2, 0) is 4.79 Å². The van der Waals surface area contributed by atoms with E-state index in [1.807, 2.05) is 0 Å². The Morgan fingerprint density at radius 2 is 2.41 bits per heavy atom. The van der Waals surface area contributed by atoms with Crippen LogP contribution in [0.5, 0.6) is 0 Å². The third-order valence-electron chi connectivity index (χ3n) is 2.99. The van der Waals surface area contributed by atoms with E-state index in [-0.39, 0.29) is 11.8 Å². The summed E-state index contributed by atoms with van der Waals surface area (Å²) in [5.74, 6) is -0.526. The summed E-state index contributed by atoms with van der Waals surface area (Å²) in [5.41, 5.74) is 0.544. The fourth-order valence-corrected chi connectivity index (χ4v) is 2.06. The number of nitrogens with one attached hydrogen (secondary N) is 2. The number of hydrogen-bond donors (Lipinski definition) is 2. The molecule has 1 amide bonds. The first-order valence-electron chi connectivity index (χ1n) is 5.81. The van der Waals surface area contributed by atoms with Crippen molar-refractivity contribution in [3.05, 3.63) is 24.3 Å². The number of amides is 1. The number of rotatable bonds is 2. The molecule has 1 aromatic heterocycles. The van der Waals surface area contributed by atoms with Crippen LogP contribution in [0.25, 0.3) is 0 Å². The summed E-state index contributed by atoms with van der Waals surface area (Å²) in [4.78, 5) is 15.4. The molecule has 0 saturated carbocycles. The van der Waals surface area contributed by atoms with Crippen LogP contribution >= 0.6 is 0 Å². The lowest BCUT2D eigenvalue weighted by Gasteiger charge is -2.27. The highest BCUT2D eigenvalue weighted by molar-refractivity contribution is 5.92. The molecule has 2 N–H and O–H groups in total. The lowest BCUT2D eigenvalue weighted by molar-refractivity contribution is -0.120. The number of aromatic nitrogens is 1. The van der Waals surface area contributed by atoms with Crippen molar-refractivity contribution in [2.24, 2.45) is 5.92 Å². The number of anilines is 1. The van der Waals surface area contributed by atoms with Crippen molar-refractivity contribution in [2.75, 3.05) is 11.9 Å². The van der Waals surface area contributed by atoms with Crippen LogP contribution in [0.2, 0.25) is 0 Å². The molecule has 0 spiro atoms. The quantitative estimate of drug-likeness (QED) is 0.767. The number of nitrogens with zero attached hydrogens (tertiary/aromatic N) is 1. The lowest BCUT2D eigenvalue weighted by atomic mass is 9.92. The summed E-state index contributed by atoms with van der Waals surface area (Å²) in [6.45, 7) is 2.93. The zero-order valence-corrected chi connectivity index (χ0v) is 9.74. The van der Waals surface area contributed by atoms with Gasteiger partial charge in [0.1, 0.15) is 0 Å². The van der Waals surface area contributed by atoms with Crippen LogP contribution in [0.3, 0.4) is 0 Å². The normalized spacial score (nSPS) is 24.4. The molecule has 1 aliphatic heterocycles. The molecule has 2 atom stereocenters. The first-order chi connectivity index (χ1) is 8.15. The molecule has 1 saturated heterocycles. The number of pyridine rings is 1. The maximum absolute atomic E-state index is 12.6. The van der Waals surface area contributed by atoms with Gasteiger partial charge in [-0.05, 0) is 38.4 Å². The van der Waals surface area contributed by atoms with Crippen molar-refractivity contribution >= 4 is 11.6 Å². The highest BCUT2D eigenvalue weighted by Gasteiger charge is 2.24. The predicted octanol–water partition coefficient (Wildman–Crippen LogP) is 1.55. The summed E-state index contributed by atoms with van der Waals surface area (Å²) in [5, 5.41) is 6.06. The zero-order chi connectivity index (χ0) is 12.3. The highest BCUT2D eigenvalue weighted by Crippen LogP contribution is 2.18. The average Bonchev–Trinajstić information content (AvgIpc) is 2.32. The number of carbonyl (C=O) groups is 1. The Morgan fingerprint density at radius 3 is 3.06 bits per heavy atom. The minimum Gasteiger partial charge on any atom is -0.324 e. The van der Waals surface area contributed by atoms with Crippen molar-refractivity contribution in [1.82, 2.24) is 10.3 Å². The third-order valence-corrected chi connectivity index (χ3v) is 2.99. The van der Waals surface area contributed by atoms with Crippen LogP contribution in [0.15, 0.2) is 18.3 Å². The molecule has 2 heterocycles. The molecule has 1 aliphatic rings. The van der Waals surface area contributed by atoms with E-state index in [0.29, 0.717) is 11.7 Å². The second kappa shape index (κ2) is 5.23. The SMILES string of the molecule is CC1CC(C(=O)Nc2ccc(F)nc2)CCN1. The van der Waals surface area contributed by atoms with Crippen LogP contribution < -0.4 is 10.6 Å². The van der Waals surface area contributed by atoms with Crippen molar-refractivity contribution in [2.45, 2.75) is 25.8 Å². The molecule has 0 aliphatic carbocycles. The Kier molecular flexibility index (Phi) is 3.68. The van der Waals surface area contributed by atoms with Gasteiger partial charge in [-0.3, -0.25) is 4.79 Å². The van der Waals surface area contributed by atoms with E-state index in [1.165, 1.54) is 18.3 Å². The number of piperidine rings is 1. The van der Waals surface area contributed by atoms with Crippen molar-refractivity contribution < 1.29 is 9.18 Å². The third kappa shape index (κ3) is 3.23. The fraction of sp³-hybridized carbons (Fsp3) is 0.500. The molecule has 1 aromatic rings. The van der Waals surface area contributed by atoms with Gasteiger partial charge in [-0.1, -0.05) is 0 Å². The second-order valence-electron chi connectivity index (χ2n) is 4.44. The van der Waals surface area contributed by atoms with Crippen LogP contribution in [0.1, 0.15) is 19.8 Å². The molecule has 4 nitrogen and oxygen atoms in total. The monoisotopic (exact) mass is 237 g/mol. The molecule has 17 heavy (non-hydrogen) atoms. The molecular formula is C12H16FN3O. The average molecular weight is 237 g/mol. The zero-order valence-electron chi connectivity index (χ0n) is 9.74. The Labute approximate surface area is 99.6 Å². The summed E-state index contributed by atoms with van der Waals surface area (Å²) < 4.78 is 12.6. The van der Waals surface area contributed by atoms with Gasteiger partial charge in [0.25, 0.3) is 0 Å². The van der Waals surface area contributed by atoms with E-state index in [0.717, 1.165) is 19.4 Å². The first-order valence-corrected chi connectivity index (χ1v) is 5.81. The Balaban J connectivity index is 1.94. The Hall–Kier alpha value is -1.49. The van der Waals surface area contributed by atoms with Gasteiger partial charge < -0.3 is 10.6 Å². The maximum Gasteiger partial charge on any atom is 0.227 e.